The molecule has 1 amide bonds. The molecule has 0 fully saturated rings. The van der Waals surface area contributed by atoms with E-state index in [1.54, 1.807) is 11.9 Å². The average Bonchev–Trinajstić information content (AvgIpc) is 3.23. The van der Waals surface area contributed by atoms with Crippen molar-refractivity contribution >= 4 is 33.7 Å². The highest BCUT2D eigenvalue weighted by Gasteiger charge is 2.14. The SMILES string of the molecule is CCC(=O)N(C)c1ccc2[nH]c(-c3n[nH]c4ccccc34)cc2n1. The van der Waals surface area contributed by atoms with Crippen LogP contribution in [0.5, 0.6) is 0 Å². The molecule has 0 aliphatic rings. The number of carbonyl (C=O) groups excluding carboxylic acids is 1. The summed E-state index contributed by atoms with van der Waals surface area (Å²) in [7, 11) is 1.74. The van der Waals surface area contributed by atoms with Crippen LogP contribution in [0.1, 0.15) is 13.3 Å². The van der Waals surface area contributed by atoms with E-state index in [1.807, 2.05) is 49.4 Å². The molecule has 0 saturated heterocycles. The molecule has 4 rings (SSSR count). The minimum absolute atomic E-state index is 0.0379. The van der Waals surface area contributed by atoms with Crippen LogP contribution in [-0.4, -0.2) is 33.1 Å². The highest BCUT2D eigenvalue weighted by molar-refractivity contribution is 5.96. The number of para-hydroxylation sites is 1. The molecule has 0 bridgehead atoms. The summed E-state index contributed by atoms with van der Waals surface area (Å²) in [5.74, 6) is 0.683. The van der Waals surface area contributed by atoms with Gasteiger partial charge in [-0.25, -0.2) is 4.98 Å². The number of aromatic nitrogens is 4. The maximum atomic E-state index is 11.9. The summed E-state index contributed by atoms with van der Waals surface area (Å²) in [6, 6.07) is 13.7. The number of hydrogen-bond donors (Lipinski definition) is 2. The Morgan fingerprint density at radius 3 is 2.83 bits per heavy atom. The minimum atomic E-state index is 0.0379. The Balaban J connectivity index is 1.80. The van der Waals surface area contributed by atoms with Gasteiger partial charge in [0.15, 0.2) is 0 Å². The van der Waals surface area contributed by atoms with Gasteiger partial charge in [0.05, 0.1) is 22.2 Å². The lowest BCUT2D eigenvalue weighted by atomic mass is 10.2. The van der Waals surface area contributed by atoms with E-state index in [0.717, 1.165) is 33.3 Å². The molecule has 4 aromatic rings. The first-order chi connectivity index (χ1) is 11.7. The molecule has 6 heteroatoms. The Morgan fingerprint density at radius 1 is 1.17 bits per heavy atom. The van der Waals surface area contributed by atoms with Gasteiger partial charge in [0, 0.05) is 18.9 Å². The Morgan fingerprint density at radius 2 is 2.00 bits per heavy atom. The third kappa shape index (κ3) is 2.23. The minimum Gasteiger partial charge on any atom is -0.352 e. The molecule has 3 aromatic heterocycles. The molecule has 0 radical (unpaired) electrons. The van der Waals surface area contributed by atoms with Crippen molar-refractivity contribution in [2.24, 2.45) is 0 Å². The van der Waals surface area contributed by atoms with Crippen molar-refractivity contribution in [3.63, 3.8) is 0 Å². The Kier molecular flexibility index (Phi) is 3.30. The highest BCUT2D eigenvalue weighted by atomic mass is 16.2. The number of nitrogens with one attached hydrogen (secondary N) is 2. The second-order valence-electron chi connectivity index (χ2n) is 5.71. The van der Waals surface area contributed by atoms with Crippen LogP contribution in [0, 0.1) is 0 Å². The number of fused-ring (bicyclic) bond motifs is 2. The van der Waals surface area contributed by atoms with Crippen LogP contribution in [0.3, 0.4) is 0 Å². The summed E-state index contributed by atoms with van der Waals surface area (Å²) >= 11 is 0. The molecule has 120 valence electrons. The first-order valence-corrected chi connectivity index (χ1v) is 7.87. The molecule has 0 spiro atoms. The molecule has 0 unspecified atom stereocenters. The number of pyridine rings is 1. The number of aromatic amines is 2. The molecule has 1 aromatic carbocycles. The van der Waals surface area contributed by atoms with Gasteiger partial charge >= 0.3 is 0 Å². The molecular weight excluding hydrogens is 302 g/mol. The van der Waals surface area contributed by atoms with Crippen molar-refractivity contribution in [3.8, 4) is 11.4 Å². The van der Waals surface area contributed by atoms with Gasteiger partial charge in [-0.05, 0) is 24.3 Å². The molecule has 0 aliphatic carbocycles. The fourth-order valence-corrected chi connectivity index (χ4v) is 2.85. The molecule has 3 heterocycles. The van der Waals surface area contributed by atoms with E-state index < -0.39 is 0 Å². The van der Waals surface area contributed by atoms with Crippen LogP contribution in [0.15, 0.2) is 42.5 Å². The van der Waals surface area contributed by atoms with Crippen molar-refractivity contribution in [2.75, 3.05) is 11.9 Å². The fourth-order valence-electron chi connectivity index (χ4n) is 2.85. The second-order valence-corrected chi connectivity index (χ2v) is 5.71. The third-order valence-electron chi connectivity index (χ3n) is 4.21. The fraction of sp³-hybridized carbons (Fsp3) is 0.167. The van der Waals surface area contributed by atoms with Crippen LogP contribution in [0.25, 0.3) is 33.3 Å². The number of nitrogens with zero attached hydrogens (tertiary/aromatic N) is 3. The number of rotatable bonds is 3. The first-order valence-electron chi connectivity index (χ1n) is 7.87. The van der Waals surface area contributed by atoms with Gasteiger partial charge in [-0.1, -0.05) is 25.1 Å². The van der Waals surface area contributed by atoms with E-state index in [0.29, 0.717) is 12.2 Å². The average molecular weight is 319 g/mol. The van der Waals surface area contributed by atoms with Gasteiger partial charge in [-0.15, -0.1) is 0 Å². The predicted octanol–water partition coefficient (Wildman–Crippen LogP) is 3.48. The number of carbonyl (C=O) groups is 1. The molecule has 2 N–H and O–H groups in total. The summed E-state index contributed by atoms with van der Waals surface area (Å²) in [6.45, 7) is 1.84. The third-order valence-corrected chi connectivity index (χ3v) is 4.21. The first kappa shape index (κ1) is 14.4. The summed E-state index contributed by atoms with van der Waals surface area (Å²) < 4.78 is 0. The van der Waals surface area contributed by atoms with E-state index in [1.165, 1.54) is 0 Å². The summed E-state index contributed by atoms with van der Waals surface area (Å²) in [4.78, 5) is 21.4. The van der Waals surface area contributed by atoms with Gasteiger partial charge < -0.3 is 4.98 Å². The molecule has 0 saturated carbocycles. The molecular formula is C18H17N5O. The monoisotopic (exact) mass is 319 g/mol. The highest BCUT2D eigenvalue weighted by Crippen LogP contribution is 2.28. The van der Waals surface area contributed by atoms with Crippen LogP contribution < -0.4 is 4.90 Å². The summed E-state index contributed by atoms with van der Waals surface area (Å²) in [5, 5.41) is 8.51. The molecule has 0 aliphatic heterocycles. The Hall–Kier alpha value is -3.15. The van der Waals surface area contributed by atoms with Crippen LogP contribution in [0.4, 0.5) is 5.82 Å². The number of benzene rings is 1. The van der Waals surface area contributed by atoms with Crippen molar-refractivity contribution in [1.82, 2.24) is 20.2 Å². The Labute approximate surface area is 138 Å². The zero-order valence-corrected chi connectivity index (χ0v) is 13.5. The lowest BCUT2D eigenvalue weighted by molar-refractivity contribution is -0.118. The van der Waals surface area contributed by atoms with Crippen molar-refractivity contribution < 1.29 is 4.79 Å². The zero-order valence-electron chi connectivity index (χ0n) is 13.5. The predicted molar refractivity (Wildman–Crippen MR) is 94.9 cm³/mol. The topological polar surface area (TPSA) is 77.7 Å². The van der Waals surface area contributed by atoms with Gasteiger partial charge in [0.25, 0.3) is 0 Å². The summed E-state index contributed by atoms with van der Waals surface area (Å²) in [6.07, 6.45) is 0.452. The van der Waals surface area contributed by atoms with Crippen molar-refractivity contribution in [3.05, 3.63) is 42.5 Å². The van der Waals surface area contributed by atoms with E-state index in [-0.39, 0.29) is 5.91 Å². The van der Waals surface area contributed by atoms with Gasteiger partial charge in [0.1, 0.15) is 11.5 Å². The largest absolute Gasteiger partial charge is 0.352 e. The quantitative estimate of drug-likeness (QED) is 0.607. The lowest BCUT2D eigenvalue weighted by Gasteiger charge is -2.14. The lowest BCUT2D eigenvalue weighted by Crippen LogP contribution is -2.25. The van der Waals surface area contributed by atoms with Crippen LogP contribution >= 0.6 is 0 Å². The van der Waals surface area contributed by atoms with E-state index in [2.05, 4.69) is 20.2 Å². The number of anilines is 1. The maximum absolute atomic E-state index is 11.9. The van der Waals surface area contributed by atoms with Crippen molar-refractivity contribution in [1.29, 1.82) is 0 Å². The van der Waals surface area contributed by atoms with Crippen LogP contribution in [0.2, 0.25) is 0 Å². The summed E-state index contributed by atoms with van der Waals surface area (Å²) in [5.41, 5.74) is 4.48. The van der Waals surface area contributed by atoms with E-state index in [9.17, 15) is 4.79 Å². The number of hydrogen-bond acceptors (Lipinski definition) is 3. The second kappa shape index (κ2) is 5.49. The Bertz CT molecular complexity index is 1050. The van der Waals surface area contributed by atoms with Crippen LogP contribution in [-0.2, 0) is 4.79 Å². The van der Waals surface area contributed by atoms with Crippen molar-refractivity contribution in [2.45, 2.75) is 13.3 Å². The number of amides is 1. The molecule has 0 atom stereocenters. The zero-order chi connectivity index (χ0) is 16.7. The maximum Gasteiger partial charge on any atom is 0.227 e. The van der Waals surface area contributed by atoms with E-state index in [4.69, 9.17) is 0 Å². The van der Waals surface area contributed by atoms with Gasteiger partial charge in [0.2, 0.25) is 5.91 Å². The normalized spacial score (nSPS) is 11.2. The molecule has 6 nitrogen and oxygen atoms in total. The number of H-pyrrole nitrogens is 2. The van der Waals surface area contributed by atoms with Gasteiger partial charge in [-0.3, -0.25) is 14.8 Å². The standard InChI is InChI=1S/C18H17N5O/c1-3-17(24)23(2)16-9-8-13-14(20-16)10-15(19-13)18-11-6-4-5-7-12(11)21-22-18/h4-10,19H,3H2,1-2H3,(H,21,22). The van der Waals surface area contributed by atoms with E-state index >= 15 is 0 Å². The molecule has 24 heavy (non-hydrogen) atoms. The smallest absolute Gasteiger partial charge is 0.227 e. The van der Waals surface area contributed by atoms with Gasteiger partial charge in [-0.2, -0.15) is 5.10 Å².